The molecule has 0 saturated carbocycles. The Labute approximate surface area is 187 Å². The normalized spacial score (nSPS) is 16.5. The number of carbonyl (C=O) groups is 1. The average molecular weight is 436 g/mol. The van der Waals surface area contributed by atoms with E-state index < -0.39 is 12.1 Å². The number of hydrogen-bond acceptors (Lipinski definition) is 6. The lowest BCUT2D eigenvalue weighted by atomic mass is 10.0. The minimum absolute atomic E-state index is 0.193. The Hall–Kier alpha value is -3.07. The molecule has 0 spiro atoms. The molecule has 1 aromatic carbocycles. The molecule has 0 bridgehead atoms. The van der Waals surface area contributed by atoms with Crippen LogP contribution < -0.4 is 0 Å². The highest BCUT2D eigenvalue weighted by atomic mass is 16.5. The molecule has 0 aliphatic carbocycles. The van der Waals surface area contributed by atoms with Gasteiger partial charge in [-0.1, -0.05) is 30.3 Å². The van der Waals surface area contributed by atoms with Crippen molar-refractivity contribution >= 4 is 5.91 Å². The fraction of sp³-hybridized carbons (Fsp3) is 0.375. The lowest BCUT2D eigenvalue weighted by Gasteiger charge is -2.29. The lowest BCUT2D eigenvalue weighted by molar-refractivity contribution is 0.0330. The summed E-state index contributed by atoms with van der Waals surface area (Å²) in [6.45, 7) is 5.71. The Morgan fingerprint density at radius 3 is 2.75 bits per heavy atom. The van der Waals surface area contributed by atoms with E-state index in [-0.39, 0.29) is 5.91 Å². The molecule has 1 fully saturated rings. The first-order valence-electron chi connectivity index (χ1n) is 10.8. The molecule has 1 amide bonds. The molecule has 8 nitrogen and oxygen atoms in total. The summed E-state index contributed by atoms with van der Waals surface area (Å²) < 4.78 is 5.39. The summed E-state index contributed by atoms with van der Waals surface area (Å²) >= 11 is 0. The molecule has 1 aliphatic rings. The third-order valence-electron chi connectivity index (χ3n) is 5.91. The third kappa shape index (κ3) is 5.04. The van der Waals surface area contributed by atoms with Crippen molar-refractivity contribution in [2.75, 3.05) is 33.4 Å². The molecule has 4 rings (SSSR count). The van der Waals surface area contributed by atoms with E-state index in [4.69, 9.17) is 4.74 Å². The molecule has 2 aromatic heterocycles. The molecule has 3 aromatic rings. The third-order valence-corrected chi connectivity index (χ3v) is 5.91. The van der Waals surface area contributed by atoms with Gasteiger partial charge in [-0.3, -0.25) is 9.69 Å². The number of amides is 1. The van der Waals surface area contributed by atoms with Crippen LogP contribution >= 0.6 is 0 Å². The van der Waals surface area contributed by atoms with Crippen LogP contribution in [-0.4, -0.2) is 75.2 Å². The predicted molar refractivity (Wildman–Crippen MR) is 121 cm³/mol. The van der Waals surface area contributed by atoms with Crippen LogP contribution in [0, 0.1) is 0 Å². The number of H-pyrrole nitrogens is 1. The van der Waals surface area contributed by atoms with Crippen molar-refractivity contribution < 1.29 is 14.6 Å². The molecule has 0 radical (unpaired) electrons. The largest absolute Gasteiger partial charge is 0.386 e. The maximum atomic E-state index is 13.0. The fourth-order valence-corrected chi connectivity index (χ4v) is 3.78. The highest BCUT2D eigenvalue weighted by Gasteiger charge is 2.26. The zero-order chi connectivity index (χ0) is 22.5. The fourth-order valence-electron chi connectivity index (χ4n) is 3.78. The van der Waals surface area contributed by atoms with Crippen LogP contribution in [-0.2, 0) is 11.3 Å². The monoisotopic (exact) mass is 435 g/mol. The Morgan fingerprint density at radius 1 is 1.25 bits per heavy atom. The van der Waals surface area contributed by atoms with Gasteiger partial charge in [-0.05, 0) is 24.6 Å². The summed E-state index contributed by atoms with van der Waals surface area (Å²) in [7, 11) is 1.70. The maximum Gasteiger partial charge on any atom is 0.270 e. The second-order valence-corrected chi connectivity index (χ2v) is 8.06. The van der Waals surface area contributed by atoms with Crippen molar-refractivity contribution in [3.8, 4) is 11.3 Å². The first-order chi connectivity index (χ1) is 15.5. The van der Waals surface area contributed by atoms with Crippen LogP contribution in [0.4, 0.5) is 0 Å². The number of carbonyl (C=O) groups excluding carboxylic acids is 1. The molecular weight excluding hydrogens is 406 g/mol. The van der Waals surface area contributed by atoms with E-state index in [1.54, 1.807) is 30.4 Å². The van der Waals surface area contributed by atoms with Crippen molar-refractivity contribution in [2.45, 2.75) is 25.6 Å². The van der Waals surface area contributed by atoms with E-state index in [1.807, 2.05) is 43.3 Å². The number of likely N-dealkylation sites (N-methyl/N-ethyl adjacent to an activating group) is 1. The summed E-state index contributed by atoms with van der Waals surface area (Å²) in [6.07, 6.45) is 2.75. The molecule has 3 heterocycles. The summed E-state index contributed by atoms with van der Waals surface area (Å²) in [6, 6.07) is 12.6. The van der Waals surface area contributed by atoms with Crippen LogP contribution in [0.15, 0.2) is 54.9 Å². The van der Waals surface area contributed by atoms with Crippen molar-refractivity contribution in [3.63, 3.8) is 0 Å². The highest BCUT2D eigenvalue weighted by Crippen LogP contribution is 2.23. The van der Waals surface area contributed by atoms with Gasteiger partial charge in [0.15, 0.2) is 0 Å². The summed E-state index contributed by atoms with van der Waals surface area (Å²) in [5, 5.41) is 10.7. The topological polar surface area (TPSA) is 94.6 Å². The summed E-state index contributed by atoms with van der Waals surface area (Å²) in [5.41, 5.74) is 2.81. The van der Waals surface area contributed by atoms with E-state index in [9.17, 15) is 9.90 Å². The SMILES string of the molecule is C[C@H]([C@H](O)c1ccccc1)N(C)C(=O)c1cc(-c2ccnc(CN3CCOCC3)n2)c[nH]1. The quantitative estimate of drug-likeness (QED) is 0.592. The number of morpholine rings is 1. The Balaban J connectivity index is 1.45. The number of aliphatic hydroxyl groups excluding tert-OH is 1. The number of rotatable bonds is 7. The minimum Gasteiger partial charge on any atom is -0.386 e. The average Bonchev–Trinajstić information content (AvgIpc) is 3.34. The number of nitrogens with one attached hydrogen (secondary N) is 1. The molecule has 168 valence electrons. The Kier molecular flexibility index (Phi) is 6.94. The van der Waals surface area contributed by atoms with Gasteiger partial charge in [0.05, 0.1) is 37.6 Å². The number of aromatic amines is 1. The molecular formula is C24H29N5O3. The molecule has 1 aliphatic heterocycles. The highest BCUT2D eigenvalue weighted by molar-refractivity contribution is 5.94. The Bertz CT molecular complexity index is 1030. The van der Waals surface area contributed by atoms with E-state index in [2.05, 4.69) is 19.9 Å². The predicted octanol–water partition coefficient (Wildman–Crippen LogP) is 2.50. The molecule has 2 atom stereocenters. The number of aliphatic hydroxyl groups is 1. The van der Waals surface area contributed by atoms with Gasteiger partial charge >= 0.3 is 0 Å². The number of benzene rings is 1. The van der Waals surface area contributed by atoms with Gasteiger partial charge in [0, 0.05) is 38.1 Å². The number of aromatic nitrogens is 3. The molecule has 0 unspecified atom stereocenters. The zero-order valence-corrected chi connectivity index (χ0v) is 18.4. The standard InChI is InChI=1S/C24H29N5O3/c1-17(23(30)18-6-4-3-5-7-18)28(2)24(31)21-14-19(15-26-21)20-8-9-25-22(27-20)16-29-10-12-32-13-11-29/h3-9,14-15,17,23,26,30H,10-13,16H2,1-2H3/t17-,23+/m1/s1. The van der Waals surface area contributed by atoms with Crippen LogP contribution in [0.3, 0.4) is 0 Å². The maximum absolute atomic E-state index is 13.0. The molecule has 32 heavy (non-hydrogen) atoms. The van der Waals surface area contributed by atoms with Gasteiger partial charge in [-0.25, -0.2) is 9.97 Å². The first-order valence-corrected chi connectivity index (χ1v) is 10.8. The second-order valence-electron chi connectivity index (χ2n) is 8.06. The van der Waals surface area contributed by atoms with Crippen molar-refractivity contribution in [1.29, 1.82) is 0 Å². The molecule has 8 heteroatoms. The van der Waals surface area contributed by atoms with Crippen molar-refractivity contribution in [1.82, 2.24) is 24.8 Å². The summed E-state index contributed by atoms with van der Waals surface area (Å²) in [4.78, 5) is 29.0. The molecule has 2 N–H and O–H groups in total. The lowest BCUT2D eigenvalue weighted by Crippen LogP contribution is -2.39. The van der Waals surface area contributed by atoms with E-state index in [0.717, 1.165) is 48.9 Å². The molecule has 1 saturated heterocycles. The van der Waals surface area contributed by atoms with Gasteiger partial charge < -0.3 is 19.7 Å². The number of nitrogens with zero attached hydrogens (tertiary/aromatic N) is 4. The van der Waals surface area contributed by atoms with Crippen LogP contribution in [0.5, 0.6) is 0 Å². The van der Waals surface area contributed by atoms with Gasteiger partial charge in [0.1, 0.15) is 11.5 Å². The number of hydrogen-bond donors (Lipinski definition) is 2. The van der Waals surface area contributed by atoms with E-state index in [1.165, 1.54) is 0 Å². The van der Waals surface area contributed by atoms with Gasteiger partial charge in [-0.15, -0.1) is 0 Å². The van der Waals surface area contributed by atoms with Crippen LogP contribution in [0.2, 0.25) is 0 Å². The second kappa shape index (κ2) is 10.0. The van der Waals surface area contributed by atoms with Gasteiger partial charge in [-0.2, -0.15) is 0 Å². The zero-order valence-electron chi connectivity index (χ0n) is 18.4. The Morgan fingerprint density at radius 2 is 2.00 bits per heavy atom. The number of ether oxygens (including phenoxy) is 1. The van der Waals surface area contributed by atoms with Crippen molar-refractivity contribution in [3.05, 3.63) is 71.9 Å². The van der Waals surface area contributed by atoms with Crippen LogP contribution in [0.1, 0.15) is 34.9 Å². The van der Waals surface area contributed by atoms with Crippen LogP contribution in [0.25, 0.3) is 11.3 Å². The van der Waals surface area contributed by atoms with E-state index >= 15 is 0 Å². The smallest absolute Gasteiger partial charge is 0.270 e. The summed E-state index contributed by atoms with van der Waals surface area (Å²) in [5.74, 6) is 0.552. The first kappa shape index (κ1) is 22.1. The minimum atomic E-state index is -0.774. The van der Waals surface area contributed by atoms with Crippen molar-refractivity contribution in [2.24, 2.45) is 0 Å². The van der Waals surface area contributed by atoms with Gasteiger partial charge in [0.25, 0.3) is 5.91 Å². The van der Waals surface area contributed by atoms with E-state index in [0.29, 0.717) is 12.2 Å². The van der Waals surface area contributed by atoms with Gasteiger partial charge in [0.2, 0.25) is 0 Å².